The zero-order chi connectivity index (χ0) is 14.5. The van der Waals surface area contributed by atoms with Gasteiger partial charge in [0.2, 0.25) is 0 Å². The molecule has 3 nitrogen and oxygen atoms in total. The number of methoxy groups -OCH3 is 1. The largest absolute Gasteiger partial charge is 0.496 e. The Hall–Kier alpha value is -1.06. The molecule has 0 saturated carbocycles. The molecule has 1 aromatic carbocycles. The number of nitrogens with two attached hydrogens (primary N) is 1. The molecule has 0 aliphatic rings. The molecule has 3 heteroatoms. The van der Waals surface area contributed by atoms with E-state index in [1.54, 1.807) is 7.11 Å². The van der Waals surface area contributed by atoms with E-state index in [9.17, 15) is 0 Å². The van der Waals surface area contributed by atoms with E-state index < -0.39 is 0 Å². The van der Waals surface area contributed by atoms with Crippen LogP contribution >= 0.6 is 0 Å². The van der Waals surface area contributed by atoms with E-state index in [0.29, 0.717) is 6.54 Å². The highest BCUT2D eigenvalue weighted by Crippen LogP contribution is 2.34. The molecule has 1 rings (SSSR count). The smallest absolute Gasteiger partial charge is 0.123 e. The van der Waals surface area contributed by atoms with Crippen molar-refractivity contribution < 1.29 is 4.74 Å². The van der Waals surface area contributed by atoms with Gasteiger partial charge in [0.15, 0.2) is 0 Å². The third kappa shape index (κ3) is 4.22. The molecule has 0 aromatic heterocycles. The summed E-state index contributed by atoms with van der Waals surface area (Å²) >= 11 is 0. The van der Waals surface area contributed by atoms with Gasteiger partial charge in [-0.1, -0.05) is 32.9 Å². The van der Waals surface area contributed by atoms with Crippen molar-refractivity contribution in [2.24, 2.45) is 11.1 Å². The fourth-order valence-corrected chi connectivity index (χ4v) is 2.28. The van der Waals surface area contributed by atoms with Gasteiger partial charge in [0, 0.05) is 11.6 Å². The molecule has 0 aliphatic heterocycles. The van der Waals surface area contributed by atoms with E-state index in [-0.39, 0.29) is 11.5 Å². The predicted octanol–water partition coefficient (Wildman–Crippen LogP) is 2.89. The average molecular weight is 264 g/mol. The maximum Gasteiger partial charge on any atom is 0.123 e. The minimum Gasteiger partial charge on any atom is -0.496 e. The van der Waals surface area contributed by atoms with Gasteiger partial charge in [0.25, 0.3) is 0 Å². The third-order valence-corrected chi connectivity index (χ3v) is 3.74. The molecule has 1 aromatic rings. The van der Waals surface area contributed by atoms with E-state index in [1.165, 1.54) is 11.1 Å². The van der Waals surface area contributed by atoms with Crippen molar-refractivity contribution in [1.82, 2.24) is 5.32 Å². The maximum absolute atomic E-state index is 5.85. The lowest BCUT2D eigenvalue weighted by Crippen LogP contribution is -2.30. The highest BCUT2D eigenvalue weighted by molar-refractivity contribution is 5.39. The second-order valence-electron chi connectivity index (χ2n) is 5.84. The summed E-state index contributed by atoms with van der Waals surface area (Å²) in [5.41, 5.74) is 8.53. The monoisotopic (exact) mass is 264 g/mol. The molecule has 1 atom stereocenters. The summed E-state index contributed by atoms with van der Waals surface area (Å²) in [6.07, 6.45) is 2.03. The summed E-state index contributed by atoms with van der Waals surface area (Å²) in [4.78, 5) is 0. The summed E-state index contributed by atoms with van der Waals surface area (Å²) in [5, 5.41) is 3.40. The Morgan fingerprint density at radius 3 is 2.53 bits per heavy atom. The van der Waals surface area contributed by atoms with Crippen molar-refractivity contribution in [2.75, 3.05) is 20.7 Å². The van der Waals surface area contributed by atoms with Crippen molar-refractivity contribution in [3.05, 3.63) is 29.3 Å². The minimum atomic E-state index is 0.112. The molecule has 1 unspecified atom stereocenters. The second kappa shape index (κ2) is 6.92. The van der Waals surface area contributed by atoms with Crippen LogP contribution in [0.5, 0.6) is 5.75 Å². The lowest BCUT2D eigenvalue weighted by Gasteiger charge is -2.29. The first-order chi connectivity index (χ1) is 8.97. The Morgan fingerprint density at radius 2 is 2.05 bits per heavy atom. The lowest BCUT2D eigenvalue weighted by molar-refractivity contribution is 0.293. The van der Waals surface area contributed by atoms with E-state index in [2.05, 4.69) is 44.3 Å². The molecule has 3 N–H and O–H groups in total. The Labute approximate surface area is 117 Å². The van der Waals surface area contributed by atoms with Crippen LogP contribution in [-0.2, 0) is 6.42 Å². The summed E-state index contributed by atoms with van der Waals surface area (Å²) in [6, 6.07) is 6.70. The van der Waals surface area contributed by atoms with Gasteiger partial charge in [0.1, 0.15) is 5.75 Å². The van der Waals surface area contributed by atoms with Crippen molar-refractivity contribution in [3.63, 3.8) is 0 Å². The van der Waals surface area contributed by atoms with Crippen LogP contribution in [0, 0.1) is 5.41 Å². The average Bonchev–Trinajstić information content (AvgIpc) is 2.44. The van der Waals surface area contributed by atoms with Gasteiger partial charge in [-0.05, 0) is 43.5 Å². The summed E-state index contributed by atoms with van der Waals surface area (Å²) in [5.74, 6) is 0.948. The van der Waals surface area contributed by atoms with Crippen LogP contribution in [0.1, 0.15) is 44.4 Å². The number of ether oxygens (including phenoxy) is 1. The molecule has 0 amide bonds. The van der Waals surface area contributed by atoms with Crippen LogP contribution in [0.25, 0.3) is 0 Å². The van der Waals surface area contributed by atoms with Gasteiger partial charge in [-0.3, -0.25) is 0 Å². The van der Waals surface area contributed by atoms with E-state index in [1.807, 2.05) is 7.05 Å². The molecular formula is C16H28N2O. The Bertz CT molecular complexity index is 402. The summed E-state index contributed by atoms with van der Waals surface area (Å²) in [6.45, 7) is 7.26. The maximum atomic E-state index is 5.85. The predicted molar refractivity (Wildman–Crippen MR) is 81.6 cm³/mol. The standard InChI is InChI=1S/C16H28N2O/c1-6-12-7-8-15(19-5)13(9-12)14(18-4)10-16(2,3)11-17/h7-9,14,18H,6,10-11,17H2,1-5H3. The Kier molecular flexibility index (Phi) is 5.83. The van der Waals surface area contributed by atoms with Crippen molar-refractivity contribution in [2.45, 2.75) is 39.7 Å². The molecule has 0 saturated heterocycles. The first kappa shape index (κ1) is 16.0. The van der Waals surface area contributed by atoms with E-state index >= 15 is 0 Å². The molecule has 0 aliphatic carbocycles. The first-order valence-corrected chi connectivity index (χ1v) is 7.01. The Morgan fingerprint density at radius 1 is 1.37 bits per heavy atom. The molecule has 0 radical (unpaired) electrons. The molecule has 0 spiro atoms. The van der Waals surface area contributed by atoms with Gasteiger partial charge >= 0.3 is 0 Å². The molecule has 19 heavy (non-hydrogen) atoms. The lowest BCUT2D eigenvalue weighted by atomic mass is 9.83. The van der Waals surface area contributed by atoms with Gasteiger partial charge < -0.3 is 15.8 Å². The van der Waals surface area contributed by atoms with Crippen LogP contribution in [0.2, 0.25) is 0 Å². The van der Waals surface area contributed by atoms with Crippen molar-refractivity contribution >= 4 is 0 Å². The summed E-state index contributed by atoms with van der Waals surface area (Å²) < 4.78 is 5.50. The highest BCUT2D eigenvalue weighted by Gasteiger charge is 2.24. The van der Waals surface area contributed by atoms with E-state index in [4.69, 9.17) is 10.5 Å². The number of hydrogen-bond acceptors (Lipinski definition) is 3. The number of rotatable bonds is 7. The van der Waals surface area contributed by atoms with E-state index in [0.717, 1.165) is 18.6 Å². The van der Waals surface area contributed by atoms with Gasteiger partial charge in [-0.2, -0.15) is 0 Å². The SMILES string of the molecule is CCc1ccc(OC)c(C(CC(C)(C)CN)NC)c1. The molecule has 0 fully saturated rings. The quantitative estimate of drug-likeness (QED) is 0.796. The molecule has 0 bridgehead atoms. The minimum absolute atomic E-state index is 0.112. The normalized spacial score (nSPS) is 13.4. The van der Waals surface area contributed by atoms with Crippen LogP contribution in [0.3, 0.4) is 0 Å². The highest BCUT2D eigenvalue weighted by atomic mass is 16.5. The zero-order valence-electron chi connectivity index (χ0n) is 12.9. The first-order valence-electron chi connectivity index (χ1n) is 7.01. The van der Waals surface area contributed by atoms with Crippen molar-refractivity contribution in [1.29, 1.82) is 0 Å². The number of aryl methyl sites for hydroxylation is 1. The number of hydrogen-bond donors (Lipinski definition) is 2. The van der Waals surface area contributed by atoms with Crippen molar-refractivity contribution in [3.8, 4) is 5.75 Å². The number of benzene rings is 1. The molecule has 108 valence electrons. The van der Waals surface area contributed by atoms with Gasteiger partial charge in [-0.15, -0.1) is 0 Å². The summed E-state index contributed by atoms with van der Waals surface area (Å²) in [7, 11) is 3.72. The third-order valence-electron chi connectivity index (χ3n) is 3.74. The van der Waals surface area contributed by atoms with Gasteiger partial charge in [-0.25, -0.2) is 0 Å². The fraction of sp³-hybridized carbons (Fsp3) is 0.625. The fourth-order valence-electron chi connectivity index (χ4n) is 2.28. The number of nitrogens with one attached hydrogen (secondary N) is 1. The second-order valence-corrected chi connectivity index (χ2v) is 5.84. The van der Waals surface area contributed by atoms with Gasteiger partial charge in [0.05, 0.1) is 7.11 Å². The Balaban J connectivity index is 3.08. The topological polar surface area (TPSA) is 47.3 Å². The van der Waals surface area contributed by atoms with Crippen LogP contribution in [0.4, 0.5) is 0 Å². The zero-order valence-corrected chi connectivity index (χ0v) is 12.9. The van der Waals surface area contributed by atoms with Crippen LogP contribution in [-0.4, -0.2) is 20.7 Å². The molecule has 0 heterocycles. The van der Waals surface area contributed by atoms with Crippen LogP contribution < -0.4 is 15.8 Å². The molecular weight excluding hydrogens is 236 g/mol. The van der Waals surface area contributed by atoms with Crippen LogP contribution in [0.15, 0.2) is 18.2 Å².